The molecule has 2 fully saturated rings. The van der Waals surface area contributed by atoms with Crippen molar-refractivity contribution in [2.24, 2.45) is 0 Å². The maximum Gasteiger partial charge on any atom is 0.234 e. The van der Waals surface area contributed by atoms with Gasteiger partial charge in [0.1, 0.15) is 0 Å². The molecule has 2 N–H and O–H groups in total. The van der Waals surface area contributed by atoms with Gasteiger partial charge in [-0.05, 0) is 55.2 Å². The van der Waals surface area contributed by atoms with Crippen molar-refractivity contribution in [1.29, 1.82) is 0 Å². The zero-order valence-electron chi connectivity index (χ0n) is 16.8. The maximum atomic E-state index is 12.6. The monoisotopic (exact) mass is 387 g/mol. The molecule has 0 spiro atoms. The van der Waals surface area contributed by atoms with E-state index >= 15 is 0 Å². The van der Waals surface area contributed by atoms with E-state index in [4.69, 9.17) is 0 Å². The summed E-state index contributed by atoms with van der Waals surface area (Å²) in [5.74, 6) is 0.815. The summed E-state index contributed by atoms with van der Waals surface area (Å²) in [6.45, 7) is 1.24. The maximum absolute atomic E-state index is 12.6. The summed E-state index contributed by atoms with van der Waals surface area (Å²) in [6, 6.07) is 20.3. The number of aromatic amines is 1. The van der Waals surface area contributed by atoms with Crippen LogP contribution < -0.4 is 5.32 Å². The number of amides is 1. The SMILES string of the molecule is O=C(CN1[C@@H]2CC[C@H]1CC(c1ccccc1)C2)NCCc1c[nH]c2ccccc12. The Morgan fingerprint density at radius 3 is 2.52 bits per heavy atom. The number of nitrogens with one attached hydrogen (secondary N) is 2. The summed E-state index contributed by atoms with van der Waals surface area (Å²) in [5, 5.41) is 4.40. The normalized spacial score (nSPS) is 24.1. The zero-order valence-corrected chi connectivity index (χ0v) is 16.8. The quantitative estimate of drug-likeness (QED) is 0.665. The number of carbonyl (C=O) groups is 1. The first-order valence-corrected chi connectivity index (χ1v) is 10.9. The van der Waals surface area contributed by atoms with Gasteiger partial charge in [-0.2, -0.15) is 0 Å². The van der Waals surface area contributed by atoms with Gasteiger partial charge in [-0.1, -0.05) is 48.5 Å². The van der Waals surface area contributed by atoms with Crippen LogP contribution in [0.25, 0.3) is 10.9 Å². The minimum absolute atomic E-state index is 0.167. The second-order valence-electron chi connectivity index (χ2n) is 8.60. The zero-order chi connectivity index (χ0) is 19.6. The van der Waals surface area contributed by atoms with Gasteiger partial charge in [0.2, 0.25) is 5.91 Å². The van der Waals surface area contributed by atoms with Crippen LogP contribution in [-0.4, -0.2) is 41.0 Å². The van der Waals surface area contributed by atoms with E-state index in [0.29, 0.717) is 31.1 Å². The highest BCUT2D eigenvalue weighted by Crippen LogP contribution is 2.42. The Balaban J connectivity index is 1.14. The molecule has 0 aliphatic carbocycles. The van der Waals surface area contributed by atoms with E-state index in [1.807, 2.05) is 6.07 Å². The molecule has 1 unspecified atom stereocenters. The molecular formula is C25H29N3O. The molecule has 1 aromatic heterocycles. The lowest BCUT2D eigenvalue weighted by atomic mass is 9.85. The van der Waals surface area contributed by atoms with E-state index in [-0.39, 0.29) is 5.91 Å². The summed E-state index contributed by atoms with van der Waals surface area (Å²) in [4.78, 5) is 18.4. The highest BCUT2D eigenvalue weighted by molar-refractivity contribution is 5.83. The van der Waals surface area contributed by atoms with Gasteiger partial charge in [-0.25, -0.2) is 0 Å². The molecule has 150 valence electrons. The van der Waals surface area contributed by atoms with Gasteiger partial charge in [0.15, 0.2) is 0 Å². The first-order chi connectivity index (χ1) is 14.3. The van der Waals surface area contributed by atoms with Gasteiger partial charge in [0.25, 0.3) is 0 Å². The lowest BCUT2D eigenvalue weighted by molar-refractivity contribution is -0.123. The summed E-state index contributed by atoms with van der Waals surface area (Å²) in [5.41, 5.74) is 3.89. The summed E-state index contributed by atoms with van der Waals surface area (Å²) >= 11 is 0. The molecule has 3 aromatic rings. The molecule has 2 aliphatic rings. The van der Waals surface area contributed by atoms with Crippen molar-refractivity contribution < 1.29 is 4.79 Å². The van der Waals surface area contributed by atoms with E-state index in [9.17, 15) is 4.79 Å². The van der Waals surface area contributed by atoms with E-state index in [1.54, 1.807) is 0 Å². The number of hydrogen-bond acceptors (Lipinski definition) is 2. The summed E-state index contributed by atoms with van der Waals surface area (Å²) in [7, 11) is 0. The van der Waals surface area contributed by atoms with Crippen LogP contribution >= 0.6 is 0 Å². The van der Waals surface area contributed by atoms with Crippen LogP contribution in [0.4, 0.5) is 0 Å². The van der Waals surface area contributed by atoms with Crippen molar-refractivity contribution in [2.75, 3.05) is 13.1 Å². The number of benzene rings is 2. The fourth-order valence-corrected chi connectivity index (χ4v) is 5.43. The molecular weight excluding hydrogens is 358 g/mol. The van der Waals surface area contributed by atoms with Gasteiger partial charge in [-0.3, -0.25) is 9.69 Å². The molecule has 2 bridgehead atoms. The first kappa shape index (κ1) is 18.4. The highest BCUT2D eigenvalue weighted by Gasteiger charge is 2.41. The van der Waals surface area contributed by atoms with Crippen LogP contribution in [0.5, 0.6) is 0 Å². The number of hydrogen-bond donors (Lipinski definition) is 2. The third kappa shape index (κ3) is 3.82. The van der Waals surface area contributed by atoms with Gasteiger partial charge in [-0.15, -0.1) is 0 Å². The van der Waals surface area contributed by atoms with Gasteiger partial charge < -0.3 is 10.3 Å². The molecule has 0 radical (unpaired) electrons. The lowest BCUT2D eigenvalue weighted by Gasteiger charge is -2.38. The smallest absolute Gasteiger partial charge is 0.234 e. The van der Waals surface area contributed by atoms with Crippen LogP contribution in [0.2, 0.25) is 0 Å². The van der Waals surface area contributed by atoms with Crippen molar-refractivity contribution in [3.63, 3.8) is 0 Å². The van der Waals surface area contributed by atoms with Crippen molar-refractivity contribution in [1.82, 2.24) is 15.2 Å². The van der Waals surface area contributed by atoms with Gasteiger partial charge >= 0.3 is 0 Å². The van der Waals surface area contributed by atoms with E-state index in [0.717, 1.165) is 11.9 Å². The minimum Gasteiger partial charge on any atom is -0.361 e. The number of carbonyl (C=O) groups excluding carboxylic acids is 1. The lowest BCUT2D eigenvalue weighted by Crippen LogP contribution is -2.47. The second-order valence-corrected chi connectivity index (χ2v) is 8.60. The minimum atomic E-state index is 0.167. The standard InChI is InChI=1S/C25H29N3O/c29-25(26-13-12-19-16-27-24-9-5-4-8-23(19)24)17-28-21-10-11-22(28)15-20(14-21)18-6-2-1-3-7-18/h1-9,16,20-22,27H,10-15,17H2,(H,26,29)/t20?,21-,22+. The Morgan fingerprint density at radius 1 is 1.00 bits per heavy atom. The van der Waals surface area contributed by atoms with Crippen molar-refractivity contribution in [3.05, 3.63) is 71.9 Å². The van der Waals surface area contributed by atoms with Crippen LogP contribution in [0, 0.1) is 0 Å². The number of nitrogens with zero attached hydrogens (tertiary/aromatic N) is 1. The molecule has 0 saturated carbocycles. The van der Waals surface area contributed by atoms with Crippen molar-refractivity contribution in [2.45, 2.75) is 50.1 Å². The third-order valence-corrected chi connectivity index (χ3v) is 6.87. The molecule has 1 amide bonds. The Hall–Kier alpha value is -2.59. The van der Waals surface area contributed by atoms with Crippen molar-refractivity contribution in [3.8, 4) is 0 Å². The molecule has 3 atom stereocenters. The van der Waals surface area contributed by atoms with E-state index in [2.05, 4.69) is 69.9 Å². The molecule has 29 heavy (non-hydrogen) atoms. The second kappa shape index (κ2) is 8.03. The molecule has 3 heterocycles. The number of piperidine rings is 1. The summed E-state index contributed by atoms with van der Waals surface area (Å²) in [6.07, 6.45) is 7.75. The number of para-hydroxylation sites is 1. The molecule has 2 saturated heterocycles. The fourth-order valence-electron chi connectivity index (χ4n) is 5.43. The number of H-pyrrole nitrogens is 1. The Kier molecular flexibility index (Phi) is 5.11. The molecule has 5 rings (SSSR count). The molecule has 2 aromatic carbocycles. The topological polar surface area (TPSA) is 48.1 Å². The molecule has 4 heteroatoms. The fraction of sp³-hybridized carbons (Fsp3) is 0.400. The predicted molar refractivity (Wildman–Crippen MR) is 117 cm³/mol. The average molecular weight is 388 g/mol. The molecule has 2 aliphatic heterocycles. The number of fused-ring (bicyclic) bond motifs is 3. The van der Waals surface area contributed by atoms with Crippen LogP contribution in [-0.2, 0) is 11.2 Å². The van der Waals surface area contributed by atoms with Crippen molar-refractivity contribution >= 4 is 16.8 Å². The third-order valence-electron chi connectivity index (χ3n) is 6.87. The van der Waals surface area contributed by atoms with E-state index in [1.165, 1.54) is 42.2 Å². The summed E-state index contributed by atoms with van der Waals surface area (Å²) < 4.78 is 0. The van der Waals surface area contributed by atoms with Crippen LogP contribution in [0.1, 0.15) is 42.7 Å². The van der Waals surface area contributed by atoms with Gasteiger partial charge in [0.05, 0.1) is 6.54 Å². The largest absolute Gasteiger partial charge is 0.361 e. The number of rotatable bonds is 6. The van der Waals surface area contributed by atoms with Gasteiger partial charge in [0, 0.05) is 35.7 Å². The number of aromatic nitrogens is 1. The first-order valence-electron chi connectivity index (χ1n) is 10.9. The van der Waals surface area contributed by atoms with E-state index < -0.39 is 0 Å². The highest BCUT2D eigenvalue weighted by atomic mass is 16.2. The average Bonchev–Trinajstić information content (AvgIpc) is 3.25. The predicted octanol–water partition coefficient (Wildman–Crippen LogP) is 4.24. The molecule has 4 nitrogen and oxygen atoms in total. The van der Waals surface area contributed by atoms with Crippen LogP contribution in [0.3, 0.4) is 0 Å². The Morgan fingerprint density at radius 2 is 1.72 bits per heavy atom. The Labute approximate surface area is 172 Å². The Bertz CT molecular complexity index is 966. The van der Waals surface area contributed by atoms with Crippen LogP contribution in [0.15, 0.2) is 60.8 Å².